The molecule has 1 aliphatic rings. The van der Waals surface area contributed by atoms with E-state index in [1.807, 2.05) is 0 Å². The zero-order valence-corrected chi connectivity index (χ0v) is 13.5. The molecule has 1 fully saturated rings. The molecule has 0 radical (unpaired) electrons. The minimum Gasteiger partial charge on any atom is -0.309 e. The zero-order chi connectivity index (χ0) is 16.2. The van der Waals surface area contributed by atoms with Crippen molar-refractivity contribution < 1.29 is 9.18 Å². The molecule has 0 atom stereocenters. The lowest BCUT2D eigenvalue weighted by Crippen LogP contribution is -2.25. The van der Waals surface area contributed by atoms with E-state index < -0.39 is 0 Å². The molecule has 1 aliphatic carbocycles. The van der Waals surface area contributed by atoms with Crippen LogP contribution in [0.5, 0.6) is 0 Å². The molecule has 1 amide bonds. The normalized spacial score (nSPS) is 15.6. The molecule has 1 aromatic heterocycles. The summed E-state index contributed by atoms with van der Waals surface area (Å²) in [6.45, 7) is 0.429. The van der Waals surface area contributed by atoms with Crippen molar-refractivity contribution in [2.45, 2.75) is 38.6 Å². The third-order valence-electron chi connectivity index (χ3n) is 4.22. The van der Waals surface area contributed by atoms with Gasteiger partial charge in [0.1, 0.15) is 5.82 Å². The second kappa shape index (κ2) is 7.13. The van der Waals surface area contributed by atoms with Gasteiger partial charge in [-0.25, -0.2) is 4.39 Å². The molecule has 23 heavy (non-hydrogen) atoms. The van der Waals surface area contributed by atoms with E-state index in [-0.39, 0.29) is 17.6 Å². The number of hydrogen-bond acceptors (Lipinski definition) is 2. The number of rotatable bonds is 4. The van der Waals surface area contributed by atoms with Gasteiger partial charge in [0.15, 0.2) is 5.82 Å². The summed E-state index contributed by atoms with van der Waals surface area (Å²) < 4.78 is 14.7. The van der Waals surface area contributed by atoms with Gasteiger partial charge < -0.3 is 5.32 Å². The predicted octanol–water partition coefficient (Wildman–Crippen LogP) is 4.24. The second-order valence-corrected chi connectivity index (χ2v) is 6.37. The Labute approximate surface area is 139 Å². The number of nitrogens with one attached hydrogen (secondary N) is 1. The van der Waals surface area contributed by atoms with E-state index in [1.165, 1.54) is 18.6 Å². The number of aromatic nitrogens is 2. The molecular formula is C17H19ClFN3O. The smallest absolute Gasteiger partial charge is 0.228 e. The van der Waals surface area contributed by atoms with Gasteiger partial charge in [-0.3, -0.25) is 9.48 Å². The van der Waals surface area contributed by atoms with Crippen molar-refractivity contribution in [3.05, 3.63) is 46.9 Å². The van der Waals surface area contributed by atoms with E-state index in [1.54, 1.807) is 23.0 Å². The quantitative estimate of drug-likeness (QED) is 0.908. The molecule has 0 unspecified atom stereocenters. The van der Waals surface area contributed by atoms with Gasteiger partial charge >= 0.3 is 0 Å². The Morgan fingerprint density at radius 3 is 2.83 bits per heavy atom. The first-order chi connectivity index (χ1) is 11.1. The summed E-state index contributed by atoms with van der Waals surface area (Å²) in [5, 5.41) is 7.58. The zero-order valence-electron chi connectivity index (χ0n) is 12.8. The average molecular weight is 336 g/mol. The van der Waals surface area contributed by atoms with Crippen LogP contribution in [-0.4, -0.2) is 15.7 Å². The molecule has 0 bridgehead atoms. The van der Waals surface area contributed by atoms with Crippen LogP contribution in [0, 0.1) is 11.7 Å². The topological polar surface area (TPSA) is 46.9 Å². The van der Waals surface area contributed by atoms with Gasteiger partial charge in [0.05, 0.1) is 6.54 Å². The number of hydrogen-bond donors (Lipinski definition) is 1. The maximum absolute atomic E-state index is 13.1. The second-order valence-electron chi connectivity index (χ2n) is 5.96. The van der Waals surface area contributed by atoms with Crippen LogP contribution in [-0.2, 0) is 11.3 Å². The summed E-state index contributed by atoms with van der Waals surface area (Å²) in [5.41, 5.74) is 0.779. The number of amides is 1. The van der Waals surface area contributed by atoms with Gasteiger partial charge in [0.25, 0.3) is 0 Å². The van der Waals surface area contributed by atoms with E-state index >= 15 is 0 Å². The van der Waals surface area contributed by atoms with E-state index in [0.717, 1.165) is 31.2 Å². The van der Waals surface area contributed by atoms with Gasteiger partial charge in [0, 0.05) is 23.2 Å². The first-order valence-corrected chi connectivity index (χ1v) is 8.28. The van der Waals surface area contributed by atoms with Crippen molar-refractivity contribution in [1.82, 2.24) is 9.78 Å². The highest BCUT2D eigenvalue weighted by molar-refractivity contribution is 6.31. The lowest BCUT2D eigenvalue weighted by atomic mass is 9.89. The monoisotopic (exact) mass is 335 g/mol. The summed E-state index contributed by atoms with van der Waals surface area (Å²) in [6.07, 6.45) is 7.15. The Morgan fingerprint density at radius 2 is 2.09 bits per heavy atom. The van der Waals surface area contributed by atoms with Crippen LogP contribution >= 0.6 is 11.6 Å². The van der Waals surface area contributed by atoms with E-state index in [0.29, 0.717) is 17.4 Å². The van der Waals surface area contributed by atoms with Crippen molar-refractivity contribution in [1.29, 1.82) is 0 Å². The van der Waals surface area contributed by atoms with Crippen LogP contribution in [0.4, 0.5) is 10.2 Å². The molecule has 1 N–H and O–H groups in total. The number of carbonyl (C=O) groups excluding carboxylic acids is 1. The minimum absolute atomic E-state index is 0.0507. The van der Waals surface area contributed by atoms with Gasteiger partial charge in [-0.1, -0.05) is 36.9 Å². The number of benzene rings is 1. The number of halogens is 2. The standard InChI is InChI=1S/C17H19ClFN3O/c18-15-10-14(19)7-6-13(15)11-22-9-8-16(21-22)20-17(23)12-4-2-1-3-5-12/h6-10,12H,1-5,11H2,(H,20,21,23). The van der Waals surface area contributed by atoms with Crippen LogP contribution in [0.2, 0.25) is 5.02 Å². The largest absolute Gasteiger partial charge is 0.309 e. The van der Waals surface area contributed by atoms with Crippen LogP contribution in [0.15, 0.2) is 30.5 Å². The molecule has 0 aliphatic heterocycles. The predicted molar refractivity (Wildman–Crippen MR) is 87.9 cm³/mol. The summed E-state index contributed by atoms with van der Waals surface area (Å²) in [7, 11) is 0. The number of carbonyl (C=O) groups is 1. The Kier molecular flexibility index (Phi) is 4.96. The summed E-state index contributed by atoms with van der Waals surface area (Å²) in [5.74, 6) is 0.327. The molecular weight excluding hydrogens is 317 g/mol. The van der Waals surface area contributed by atoms with Gasteiger partial charge in [0.2, 0.25) is 5.91 Å². The minimum atomic E-state index is -0.361. The highest BCUT2D eigenvalue weighted by Crippen LogP contribution is 2.25. The van der Waals surface area contributed by atoms with Crippen LogP contribution in [0.3, 0.4) is 0 Å². The fraction of sp³-hybridized carbons (Fsp3) is 0.412. The van der Waals surface area contributed by atoms with Gasteiger partial charge in [-0.05, 0) is 30.5 Å². The summed E-state index contributed by atoms with van der Waals surface area (Å²) >= 11 is 6.02. The molecule has 2 aromatic rings. The van der Waals surface area contributed by atoms with Crippen molar-refractivity contribution in [3.8, 4) is 0 Å². The first kappa shape index (κ1) is 16.0. The molecule has 0 saturated heterocycles. The molecule has 1 saturated carbocycles. The van der Waals surface area contributed by atoms with Crippen molar-refractivity contribution in [2.24, 2.45) is 5.92 Å². The van der Waals surface area contributed by atoms with E-state index in [9.17, 15) is 9.18 Å². The van der Waals surface area contributed by atoms with Crippen molar-refractivity contribution >= 4 is 23.3 Å². The summed E-state index contributed by atoms with van der Waals surface area (Å²) in [6, 6.07) is 6.06. The maximum Gasteiger partial charge on any atom is 0.228 e. The SMILES string of the molecule is O=C(Nc1ccn(Cc2ccc(F)cc2Cl)n1)C1CCCCC1. The Bertz CT molecular complexity index is 695. The van der Waals surface area contributed by atoms with Crippen LogP contribution < -0.4 is 5.32 Å². The Balaban J connectivity index is 1.62. The lowest BCUT2D eigenvalue weighted by molar-refractivity contribution is -0.120. The van der Waals surface area contributed by atoms with E-state index in [4.69, 9.17) is 11.6 Å². The molecule has 0 spiro atoms. The summed E-state index contributed by atoms with van der Waals surface area (Å²) in [4.78, 5) is 12.2. The Hall–Kier alpha value is -1.88. The van der Waals surface area contributed by atoms with Crippen LogP contribution in [0.1, 0.15) is 37.7 Å². The fourth-order valence-electron chi connectivity index (χ4n) is 2.93. The number of nitrogens with zero attached hydrogens (tertiary/aromatic N) is 2. The Morgan fingerprint density at radius 1 is 1.30 bits per heavy atom. The first-order valence-electron chi connectivity index (χ1n) is 7.90. The highest BCUT2D eigenvalue weighted by atomic mass is 35.5. The number of anilines is 1. The molecule has 1 heterocycles. The van der Waals surface area contributed by atoms with Gasteiger partial charge in [-0.15, -0.1) is 0 Å². The fourth-order valence-corrected chi connectivity index (χ4v) is 3.16. The molecule has 1 aromatic carbocycles. The molecule has 122 valence electrons. The maximum atomic E-state index is 13.1. The third kappa shape index (κ3) is 4.10. The third-order valence-corrected chi connectivity index (χ3v) is 4.57. The van der Waals surface area contributed by atoms with E-state index in [2.05, 4.69) is 10.4 Å². The lowest BCUT2D eigenvalue weighted by Gasteiger charge is -2.19. The molecule has 4 nitrogen and oxygen atoms in total. The average Bonchev–Trinajstić information content (AvgIpc) is 2.98. The molecule has 6 heteroatoms. The van der Waals surface area contributed by atoms with Crippen molar-refractivity contribution in [2.75, 3.05) is 5.32 Å². The van der Waals surface area contributed by atoms with Crippen LogP contribution in [0.25, 0.3) is 0 Å². The van der Waals surface area contributed by atoms with Gasteiger partial charge in [-0.2, -0.15) is 5.10 Å². The van der Waals surface area contributed by atoms with Crippen molar-refractivity contribution in [3.63, 3.8) is 0 Å². The highest BCUT2D eigenvalue weighted by Gasteiger charge is 2.21. The molecule has 3 rings (SSSR count).